The highest BCUT2D eigenvalue weighted by molar-refractivity contribution is 5.90. The molecule has 7 nitrogen and oxygen atoms in total. The van der Waals surface area contributed by atoms with Crippen LogP contribution in [0.3, 0.4) is 0 Å². The van der Waals surface area contributed by atoms with Crippen LogP contribution in [0.5, 0.6) is 11.5 Å². The minimum Gasteiger partial charge on any atom is -0.497 e. The van der Waals surface area contributed by atoms with E-state index in [9.17, 15) is 9.59 Å². The first-order chi connectivity index (χ1) is 14.6. The van der Waals surface area contributed by atoms with Crippen molar-refractivity contribution < 1.29 is 33.3 Å². The van der Waals surface area contributed by atoms with Gasteiger partial charge in [-0.1, -0.05) is 0 Å². The van der Waals surface area contributed by atoms with Crippen molar-refractivity contribution in [3.8, 4) is 11.5 Å². The minimum absolute atomic E-state index is 0.0147. The summed E-state index contributed by atoms with van der Waals surface area (Å²) < 4.78 is 27.4. The molecule has 2 aromatic rings. The van der Waals surface area contributed by atoms with E-state index in [4.69, 9.17) is 23.7 Å². The lowest BCUT2D eigenvalue weighted by atomic mass is 10.0. The van der Waals surface area contributed by atoms with E-state index < -0.39 is 11.9 Å². The van der Waals surface area contributed by atoms with Crippen LogP contribution in [0.25, 0.3) is 0 Å². The summed E-state index contributed by atoms with van der Waals surface area (Å²) in [5.41, 5.74) is 0.916. The first-order valence-corrected chi connectivity index (χ1v) is 9.90. The molecule has 0 amide bonds. The van der Waals surface area contributed by atoms with E-state index in [0.717, 1.165) is 6.42 Å². The SMILES string of the molecule is COc1ccc(C(=O)O[C@H]2CC[C@H]3[C@@H]2OC[C@H]3OC(=O)c2ccc(OC)cc2)cc1. The van der Waals surface area contributed by atoms with Gasteiger partial charge in [0, 0.05) is 5.92 Å². The number of hydrogen-bond donors (Lipinski definition) is 0. The molecule has 0 unspecified atom stereocenters. The molecule has 30 heavy (non-hydrogen) atoms. The molecule has 0 spiro atoms. The number of esters is 2. The maximum absolute atomic E-state index is 12.5. The molecule has 0 bridgehead atoms. The summed E-state index contributed by atoms with van der Waals surface area (Å²) in [6, 6.07) is 13.5. The molecule has 0 radical (unpaired) electrons. The molecule has 1 saturated carbocycles. The van der Waals surface area contributed by atoms with Crippen molar-refractivity contribution in [1.82, 2.24) is 0 Å². The van der Waals surface area contributed by atoms with Gasteiger partial charge in [0.2, 0.25) is 0 Å². The molecule has 0 N–H and O–H groups in total. The normalized spacial score (nSPS) is 24.7. The summed E-state index contributed by atoms with van der Waals surface area (Å²) in [5.74, 6) is 0.568. The van der Waals surface area contributed by atoms with Crippen LogP contribution < -0.4 is 9.47 Å². The van der Waals surface area contributed by atoms with E-state index in [0.29, 0.717) is 35.7 Å². The first-order valence-electron chi connectivity index (χ1n) is 9.90. The molecule has 1 heterocycles. The lowest BCUT2D eigenvalue weighted by molar-refractivity contribution is -0.0234. The second-order valence-corrected chi connectivity index (χ2v) is 7.38. The monoisotopic (exact) mass is 412 g/mol. The fourth-order valence-corrected chi connectivity index (χ4v) is 4.03. The molecule has 0 aromatic heterocycles. The van der Waals surface area contributed by atoms with E-state index >= 15 is 0 Å². The fraction of sp³-hybridized carbons (Fsp3) is 0.391. The Kier molecular flexibility index (Phi) is 5.90. The Hall–Kier alpha value is -3.06. The smallest absolute Gasteiger partial charge is 0.338 e. The zero-order valence-corrected chi connectivity index (χ0v) is 16.9. The molecular formula is C23H24O7. The predicted molar refractivity (Wildman–Crippen MR) is 107 cm³/mol. The Bertz CT molecular complexity index is 815. The third-order valence-corrected chi connectivity index (χ3v) is 5.67. The van der Waals surface area contributed by atoms with Crippen molar-refractivity contribution >= 4 is 11.9 Å². The highest BCUT2D eigenvalue weighted by Crippen LogP contribution is 2.39. The second kappa shape index (κ2) is 8.75. The third-order valence-electron chi connectivity index (χ3n) is 5.67. The summed E-state index contributed by atoms with van der Waals surface area (Å²) in [7, 11) is 3.14. The van der Waals surface area contributed by atoms with Crippen LogP contribution in [0.2, 0.25) is 0 Å². The maximum Gasteiger partial charge on any atom is 0.338 e. The average molecular weight is 412 g/mol. The number of fused-ring (bicyclic) bond motifs is 1. The van der Waals surface area contributed by atoms with Crippen LogP contribution in [0.1, 0.15) is 33.6 Å². The summed E-state index contributed by atoms with van der Waals surface area (Å²) in [6.45, 7) is 0.299. The summed E-state index contributed by atoms with van der Waals surface area (Å²) >= 11 is 0. The highest BCUT2D eigenvalue weighted by Gasteiger charge is 2.49. The molecule has 1 aliphatic heterocycles. The molecule has 2 fully saturated rings. The average Bonchev–Trinajstić information content (AvgIpc) is 3.37. The molecule has 4 atom stereocenters. The van der Waals surface area contributed by atoms with Gasteiger partial charge in [0.1, 0.15) is 29.8 Å². The van der Waals surface area contributed by atoms with Gasteiger partial charge in [-0.25, -0.2) is 9.59 Å². The number of hydrogen-bond acceptors (Lipinski definition) is 7. The summed E-state index contributed by atoms with van der Waals surface area (Å²) in [6.07, 6.45) is 0.476. The number of carbonyl (C=O) groups is 2. The Morgan fingerprint density at radius 2 is 1.27 bits per heavy atom. The number of benzene rings is 2. The van der Waals surface area contributed by atoms with Crippen LogP contribution in [-0.2, 0) is 14.2 Å². The number of rotatable bonds is 6. The van der Waals surface area contributed by atoms with Crippen molar-refractivity contribution in [3.63, 3.8) is 0 Å². The van der Waals surface area contributed by atoms with Crippen LogP contribution in [0.4, 0.5) is 0 Å². The second-order valence-electron chi connectivity index (χ2n) is 7.38. The summed E-state index contributed by atoms with van der Waals surface area (Å²) in [5, 5.41) is 0. The highest BCUT2D eigenvalue weighted by atomic mass is 16.6. The Balaban J connectivity index is 1.34. The lowest BCUT2D eigenvalue weighted by Gasteiger charge is -2.19. The maximum atomic E-state index is 12.5. The van der Waals surface area contributed by atoms with Gasteiger partial charge in [-0.15, -0.1) is 0 Å². The number of methoxy groups -OCH3 is 2. The molecule has 2 aromatic carbocycles. The van der Waals surface area contributed by atoms with Crippen molar-refractivity contribution in [3.05, 3.63) is 59.7 Å². The van der Waals surface area contributed by atoms with E-state index in [1.165, 1.54) is 0 Å². The number of ether oxygens (including phenoxy) is 5. The van der Waals surface area contributed by atoms with Gasteiger partial charge < -0.3 is 23.7 Å². The largest absolute Gasteiger partial charge is 0.497 e. The molecule has 7 heteroatoms. The third kappa shape index (κ3) is 4.11. The van der Waals surface area contributed by atoms with Crippen LogP contribution in [0, 0.1) is 5.92 Å². The van der Waals surface area contributed by atoms with Crippen molar-refractivity contribution in [1.29, 1.82) is 0 Å². The van der Waals surface area contributed by atoms with Gasteiger partial charge in [0.25, 0.3) is 0 Å². The molecule has 1 aliphatic carbocycles. The Morgan fingerprint density at radius 1 is 0.767 bits per heavy atom. The topological polar surface area (TPSA) is 80.3 Å². The molecule has 158 valence electrons. The van der Waals surface area contributed by atoms with E-state index in [-0.39, 0.29) is 24.2 Å². The molecule has 2 aliphatic rings. The Morgan fingerprint density at radius 3 is 1.77 bits per heavy atom. The molecule has 4 rings (SSSR count). The van der Waals surface area contributed by atoms with Crippen LogP contribution in [-0.4, -0.2) is 51.1 Å². The standard InChI is InChI=1S/C23H24O7/c1-26-16-7-3-14(4-8-16)22(24)29-19-12-11-18-20(13-28-21(18)19)30-23(25)15-5-9-17(27-2)10-6-15/h3-10,18-21H,11-13H2,1-2H3/t18-,19+,20-,21+/m1/s1. The Labute approximate surface area is 174 Å². The van der Waals surface area contributed by atoms with Gasteiger partial charge in [-0.05, 0) is 61.4 Å². The predicted octanol–water partition coefficient (Wildman–Crippen LogP) is 3.26. The van der Waals surface area contributed by atoms with Crippen molar-refractivity contribution in [2.24, 2.45) is 5.92 Å². The van der Waals surface area contributed by atoms with Crippen molar-refractivity contribution in [2.45, 2.75) is 31.2 Å². The quantitative estimate of drug-likeness (QED) is 0.674. The van der Waals surface area contributed by atoms with Gasteiger partial charge in [-0.3, -0.25) is 0 Å². The fourth-order valence-electron chi connectivity index (χ4n) is 4.03. The van der Waals surface area contributed by atoms with Gasteiger partial charge in [0.05, 0.1) is 32.0 Å². The van der Waals surface area contributed by atoms with Gasteiger partial charge in [-0.2, -0.15) is 0 Å². The zero-order chi connectivity index (χ0) is 21.1. The lowest BCUT2D eigenvalue weighted by Crippen LogP contribution is -2.31. The summed E-state index contributed by atoms with van der Waals surface area (Å²) in [4.78, 5) is 24.9. The zero-order valence-electron chi connectivity index (χ0n) is 16.9. The van der Waals surface area contributed by atoms with E-state index in [1.54, 1.807) is 62.8 Å². The van der Waals surface area contributed by atoms with E-state index in [2.05, 4.69) is 0 Å². The number of carbonyl (C=O) groups excluding carboxylic acids is 2. The first kappa shape index (κ1) is 20.2. The minimum atomic E-state index is -0.398. The van der Waals surface area contributed by atoms with Crippen molar-refractivity contribution in [2.75, 3.05) is 20.8 Å². The molecular weight excluding hydrogens is 388 g/mol. The van der Waals surface area contributed by atoms with Gasteiger partial charge >= 0.3 is 11.9 Å². The van der Waals surface area contributed by atoms with Crippen LogP contribution in [0.15, 0.2) is 48.5 Å². The molecule has 1 saturated heterocycles. The van der Waals surface area contributed by atoms with E-state index in [1.807, 2.05) is 0 Å². The van der Waals surface area contributed by atoms with Crippen LogP contribution >= 0.6 is 0 Å². The van der Waals surface area contributed by atoms with Gasteiger partial charge in [0.15, 0.2) is 0 Å².